The number of aryl methyl sites for hydroxylation is 1. The number of rotatable bonds is 5. The molecule has 0 saturated heterocycles. The number of benzene rings is 1. The van der Waals surface area contributed by atoms with Crippen molar-refractivity contribution in [2.75, 3.05) is 5.32 Å². The summed E-state index contributed by atoms with van der Waals surface area (Å²) < 4.78 is 7.50. The van der Waals surface area contributed by atoms with Crippen LogP contribution < -0.4 is 5.32 Å². The topological polar surface area (TPSA) is 84.1 Å². The van der Waals surface area contributed by atoms with Crippen molar-refractivity contribution in [3.8, 4) is 6.07 Å². The Balaban J connectivity index is 1.68. The largest absolute Gasteiger partial charge is 0.449 e. The summed E-state index contributed by atoms with van der Waals surface area (Å²) in [5, 5.41) is 11.7. The molecule has 6 heteroatoms. The molecule has 1 heterocycles. The average Bonchev–Trinajstić information content (AvgIpc) is 3.40. The van der Waals surface area contributed by atoms with E-state index in [0.717, 1.165) is 24.2 Å². The van der Waals surface area contributed by atoms with Gasteiger partial charge in [0, 0.05) is 17.4 Å². The van der Waals surface area contributed by atoms with Gasteiger partial charge in [-0.3, -0.25) is 4.79 Å². The predicted octanol–water partition coefficient (Wildman–Crippen LogP) is 3.50. The smallest absolute Gasteiger partial charge is 0.340 e. The Bertz CT molecular complexity index is 904. The van der Waals surface area contributed by atoms with Crippen LogP contribution in [0.25, 0.3) is 0 Å². The summed E-state index contributed by atoms with van der Waals surface area (Å²) in [6.45, 7) is 5.38. The lowest BCUT2D eigenvalue weighted by atomic mass is 10.2. The van der Waals surface area contributed by atoms with Crippen molar-refractivity contribution in [1.29, 1.82) is 5.26 Å². The Morgan fingerprint density at radius 1 is 1.31 bits per heavy atom. The second kappa shape index (κ2) is 7.04. The Hall–Kier alpha value is -3.07. The zero-order chi connectivity index (χ0) is 18.8. The van der Waals surface area contributed by atoms with Gasteiger partial charge in [-0.2, -0.15) is 5.26 Å². The minimum Gasteiger partial charge on any atom is -0.449 e. The van der Waals surface area contributed by atoms with Crippen LogP contribution in [0.1, 0.15) is 53.1 Å². The molecule has 0 spiro atoms. The fourth-order valence-electron chi connectivity index (χ4n) is 3.08. The van der Waals surface area contributed by atoms with Gasteiger partial charge in [-0.1, -0.05) is 12.1 Å². The number of amides is 1. The molecule has 6 nitrogen and oxygen atoms in total. The highest BCUT2D eigenvalue weighted by atomic mass is 16.5. The van der Waals surface area contributed by atoms with Crippen LogP contribution in [-0.4, -0.2) is 22.5 Å². The van der Waals surface area contributed by atoms with Gasteiger partial charge in [0.05, 0.1) is 16.8 Å². The van der Waals surface area contributed by atoms with Crippen molar-refractivity contribution in [2.45, 2.75) is 45.8 Å². The second-order valence-corrected chi connectivity index (χ2v) is 6.58. The summed E-state index contributed by atoms with van der Waals surface area (Å²) in [6, 6.07) is 11.0. The molecule has 1 fully saturated rings. The molecule has 1 saturated carbocycles. The maximum atomic E-state index is 12.5. The summed E-state index contributed by atoms with van der Waals surface area (Å²) >= 11 is 0. The van der Waals surface area contributed by atoms with E-state index in [1.54, 1.807) is 24.3 Å². The van der Waals surface area contributed by atoms with Gasteiger partial charge in [0.15, 0.2) is 6.10 Å². The standard InChI is InChI=1S/C20H21N3O3/c1-12-10-17(13(2)23(12)16-8-9-16)20(25)26-14(3)19(24)22-18-7-5-4-6-15(18)11-21/h4-7,10,14,16H,8-9H2,1-3H3,(H,22,24)/t14-/m0/s1. The molecular formula is C20H21N3O3. The number of esters is 1. The van der Waals surface area contributed by atoms with E-state index in [1.807, 2.05) is 26.0 Å². The van der Waals surface area contributed by atoms with E-state index in [-0.39, 0.29) is 0 Å². The number of anilines is 1. The summed E-state index contributed by atoms with van der Waals surface area (Å²) in [6.07, 6.45) is 1.28. The van der Waals surface area contributed by atoms with Crippen LogP contribution in [0.3, 0.4) is 0 Å². The molecule has 134 valence electrons. The quantitative estimate of drug-likeness (QED) is 0.836. The van der Waals surface area contributed by atoms with Crippen molar-refractivity contribution in [3.05, 3.63) is 52.8 Å². The van der Waals surface area contributed by atoms with Gasteiger partial charge in [0.25, 0.3) is 5.91 Å². The van der Waals surface area contributed by atoms with Gasteiger partial charge in [0.1, 0.15) is 6.07 Å². The summed E-state index contributed by atoms with van der Waals surface area (Å²) in [4.78, 5) is 24.8. The fourth-order valence-corrected chi connectivity index (χ4v) is 3.08. The maximum absolute atomic E-state index is 12.5. The summed E-state index contributed by atoms with van der Waals surface area (Å²) in [5.74, 6) is -0.988. The van der Waals surface area contributed by atoms with Crippen LogP contribution >= 0.6 is 0 Å². The van der Waals surface area contributed by atoms with Crippen LogP contribution in [0.2, 0.25) is 0 Å². The minimum absolute atomic E-state index is 0.354. The number of nitriles is 1. The SMILES string of the molecule is Cc1cc(C(=O)O[C@@H](C)C(=O)Nc2ccccc2C#N)c(C)n1C1CC1. The second-order valence-electron chi connectivity index (χ2n) is 6.58. The van der Waals surface area contributed by atoms with Gasteiger partial charge in [-0.15, -0.1) is 0 Å². The number of hydrogen-bond donors (Lipinski definition) is 1. The molecule has 0 bridgehead atoms. The molecule has 1 aromatic carbocycles. The molecule has 1 N–H and O–H groups in total. The lowest BCUT2D eigenvalue weighted by Gasteiger charge is -2.14. The maximum Gasteiger partial charge on any atom is 0.340 e. The predicted molar refractivity (Wildman–Crippen MR) is 96.8 cm³/mol. The first kappa shape index (κ1) is 17.7. The molecule has 26 heavy (non-hydrogen) atoms. The summed E-state index contributed by atoms with van der Waals surface area (Å²) in [5.41, 5.74) is 3.14. The van der Waals surface area contributed by atoms with Gasteiger partial charge in [-0.05, 0) is 51.8 Å². The number of carbonyl (C=O) groups is 2. The van der Waals surface area contributed by atoms with Crippen LogP contribution in [-0.2, 0) is 9.53 Å². The van der Waals surface area contributed by atoms with Gasteiger partial charge < -0.3 is 14.6 Å². The lowest BCUT2D eigenvalue weighted by molar-refractivity contribution is -0.123. The first-order valence-electron chi connectivity index (χ1n) is 8.61. The van der Waals surface area contributed by atoms with E-state index in [0.29, 0.717) is 22.9 Å². The number of para-hydroxylation sites is 1. The minimum atomic E-state index is -0.974. The molecule has 1 amide bonds. The molecule has 0 unspecified atom stereocenters. The molecular weight excluding hydrogens is 330 g/mol. The van der Waals surface area contributed by atoms with Crippen molar-refractivity contribution in [2.24, 2.45) is 0 Å². The van der Waals surface area contributed by atoms with Crippen LogP contribution in [0, 0.1) is 25.2 Å². The third-order valence-electron chi connectivity index (χ3n) is 4.57. The molecule has 0 aliphatic heterocycles. The molecule has 1 aromatic heterocycles. The van der Waals surface area contributed by atoms with Gasteiger partial charge >= 0.3 is 5.97 Å². The third-order valence-corrected chi connectivity index (χ3v) is 4.57. The summed E-state index contributed by atoms with van der Waals surface area (Å²) in [7, 11) is 0. The van der Waals surface area contributed by atoms with Gasteiger partial charge in [0.2, 0.25) is 0 Å². The number of hydrogen-bond acceptors (Lipinski definition) is 4. The van der Waals surface area contributed by atoms with Crippen LogP contribution in [0.4, 0.5) is 5.69 Å². The first-order valence-corrected chi connectivity index (χ1v) is 8.61. The van der Waals surface area contributed by atoms with E-state index in [1.165, 1.54) is 6.92 Å². The Labute approximate surface area is 152 Å². The zero-order valence-electron chi connectivity index (χ0n) is 15.1. The lowest BCUT2D eigenvalue weighted by Crippen LogP contribution is -2.30. The fraction of sp³-hybridized carbons (Fsp3) is 0.350. The number of nitrogens with zero attached hydrogens (tertiary/aromatic N) is 2. The zero-order valence-corrected chi connectivity index (χ0v) is 15.1. The molecule has 0 radical (unpaired) electrons. The molecule has 1 atom stereocenters. The van der Waals surface area contributed by atoms with Crippen LogP contribution in [0.5, 0.6) is 0 Å². The first-order chi connectivity index (χ1) is 12.4. The van der Waals surface area contributed by atoms with Crippen molar-refractivity contribution >= 4 is 17.6 Å². The van der Waals surface area contributed by atoms with E-state index in [4.69, 9.17) is 10.00 Å². The molecule has 3 rings (SSSR count). The highest BCUT2D eigenvalue weighted by Gasteiger charge is 2.29. The number of aromatic nitrogens is 1. The average molecular weight is 351 g/mol. The monoisotopic (exact) mass is 351 g/mol. The van der Waals surface area contributed by atoms with Crippen molar-refractivity contribution < 1.29 is 14.3 Å². The number of carbonyl (C=O) groups excluding carboxylic acids is 2. The molecule has 1 aliphatic rings. The number of nitrogens with one attached hydrogen (secondary N) is 1. The Morgan fingerprint density at radius 2 is 2.00 bits per heavy atom. The van der Waals surface area contributed by atoms with Crippen molar-refractivity contribution in [3.63, 3.8) is 0 Å². The normalized spacial score (nSPS) is 14.4. The Morgan fingerprint density at radius 3 is 2.65 bits per heavy atom. The van der Waals surface area contributed by atoms with Crippen molar-refractivity contribution in [1.82, 2.24) is 4.57 Å². The third kappa shape index (κ3) is 3.47. The highest BCUT2D eigenvalue weighted by molar-refractivity contribution is 5.98. The van der Waals surface area contributed by atoms with Gasteiger partial charge in [-0.25, -0.2) is 4.79 Å². The Kier molecular flexibility index (Phi) is 4.81. The van der Waals surface area contributed by atoms with Crippen LogP contribution in [0.15, 0.2) is 30.3 Å². The van der Waals surface area contributed by atoms with E-state index < -0.39 is 18.0 Å². The van der Waals surface area contributed by atoms with E-state index >= 15 is 0 Å². The highest BCUT2D eigenvalue weighted by Crippen LogP contribution is 2.38. The number of ether oxygens (including phenoxy) is 1. The van der Waals surface area contributed by atoms with E-state index in [9.17, 15) is 9.59 Å². The molecule has 1 aliphatic carbocycles. The molecule has 2 aromatic rings. The van der Waals surface area contributed by atoms with E-state index in [2.05, 4.69) is 9.88 Å².